The van der Waals surface area contributed by atoms with Crippen molar-refractivity contribution in [3.8, 4) is 0 Å². The van der Waals surface area contributed by atoms with Crippen LogP contribution in [0.1, 0.15) is 12.0 Å². The molecule has 110 valence electrons. The lowest BCUT2D eigenvalue weighted by Crippen LogP contribution is -2.19. The Hall–Kier alpha value is -1.92. The third-order valence-electron chi connectivity index (χ3n) is 2.50. The second kappa shape index (κ2) is 9.06. The molecule has 6 heteroatoms. The van der Waals surface area contributed by atoms with Crippen LogP contribution in [0.2, 0.25) is 0 Å². The molecular weight excluding hydrogens is 262 g/mol. The number of hydrogen-bond acceptors (Lipinski definition) is 4. The number of rotatable bonds is 9. The zero-order valence-electron chi connectivity index (χ0n) is 11.4. The molecule has 0 aromatic heterocycles. The molecule has 0 fully saturated rings. The maximum Gasteiger partial charge on any atom is 0.303 e. The monoisotopic (exact) mass is 281 g/mol. The topological polar surface area (TPSA) is 84.9 Å². The second-order valence-electron chi connectivity index (χ2n) is 4.19. The number of ether oxygens (including phenoxy) is 2. The van der Waals surface area contributed by atoms with Gasteiger partial charge in [-0.3, -0.25) is 9.59 Å². The summed E-state index contributed by atoms with van der Waals surface area (Å²) in [6, 6.07) is 7.11. The van der Waals surface area contributed by atoms with Gasteiger partial charge < -0.3 is 19.9 Å². The average molecular weight is 281 g/mol. The summed E-state index contributed by atoms with van der Waals surface area (Å²) < 4.78 is 9.90. The molecule has 20 heavy (non-hydrogen) atoms. The van der Waals surface area contributed by atoms with E-state index in [0.717, 1.165) is 5.56 Å². The average Bonchev–Trinajstić information content (AvgIpc) is 2.42. The third-order valence-corrected chi connectivity index (χ3v) is 2.50. The first-order chi connectivity index (χ1) is 9.61. The maximum atomic E-state index is 11.6. The maximum absolute atomic E-state index is 11.6. The van der Waals surface area contributed by atoms with Gasteiger partial charge in [0.25, 0.3) is 0 Å². The number of nitrogens with one attached hydrogen (secondary N) is 1. The molecule has 0 saturated heterocycles. The van der Waals surface area contributed by atoms with Gasteiger partial charge in [0.05, 0.1) is 13.2 Å². The van der Waals surface area contributed by atoms with Gasteiger partial charge in [0.1, 0.15) is 6.61 Å². The quantitative estimate of drug-likeness (QED) is 0.667. The highest BCUT2D eigenvalue weighted by Gasteiger charge is 2.04. The zero-order chi connectivity index (χ0) is 14.8. The number of aryl methyl sites for hydroxylation is 1. The Kier molecular flexibility index (Phi) is 7.31. The molecule has 1 rings (SSSR count). The minimum Gasteiger partial charge on any atom is -0.481 e. The Balaban J connectivity index is 2.40. The lowest BCUT2D eigenvalue weighted by molar-refractivity contribution is -0.137. The summed E-state index contributed by atoms with van der Waals surface area (Å²) in [7, 11) is 1.56. The SMILES string of the molecule is COCCOCC(=O)Nc1cccc(CCC(=O)O)c1. The van der Waals surface area contributed by atoms with Gasteiger partial charge in [0, 0.05) is 19.2 Å². The molecule has 0 unspecified atom stereocenters. The fourth-order valence-corrected chi connectivity index (χ4v) is 1.56. The van der Waals surface area contributed by atoms with Gasteiger partial charge in [0.2, 0.25) is 5.91 Å². The molecule has 1 amide bonds. The first-order valence-electron chi connectivity index (χ1n) is 6.29. The number of amides is 1. The van der Waals surface area contributed by atoms with E-state index in [1.54, 1.807) is 25.3 Å². The largest absolute Gasteiger partial charge is 0.481 e. The van der Waals surface area contributed by atoms with Gasteiger partial charge in [-0.05, 0) is 24.1 Å². The molecule has 0 radical (unpaired) electrons. The predicted molar refractivity (Wildman–Crippen MR) is 73.7 cm³/mol. The van der Waals surface area contributed by atoms with Crippen molar-refractivity contribution in [2.75, 3.05) is 32.2 Å². The molecule has 0 bridgehead atoms. The number of methoxy groups -OCH3 is 1. The van der Waals surface area contributed by atoms with Gasteiger partial charge in [0.15, 0.2) is 0 Å². The Morgan fingerprint density at radius 1 is 1.30 bits per heavy atom. The number of carbonyl (C=O) groups is 2. The molecule has 0 heterocycles. The van der Waals surface area contributed by atoms with Crippen LogP contribution in [0.25, 0.3) is 0 Å². The van der Waals surface area contributed by atoms with E-state index < -0.39 is 5.97 Å². The zero-order valence-corrected chi connectivity index (χ0v) is 11.4. The first-order valence-corrected chi connectivity index (χ1v) is 6.29. The molecular formula is C14H19NO5. The first kappa shape index (κ1) is 16.1. The molecule has 0 aliphatic rings. The molecule has 0 spiro atoms. The van der Waals surface area contributed by atoms with Crippen LogP contribution in [-0.4, -0.2) is 43.9 Å². The summed E-state index contributed by atoms with van der Waals surface area (Å²) in [5, 5.41) is 11.3. The number of anilines is 1. The second-order valence-corrected chi connectivity index (χ2v) is 4.19. The number of hydrogen-bond donors (Lipinski definition) is 2. The van der Waals surface area contributed by atoms with E-state index in [9.17, 15) is 9.59 Å². The van der Waals surface area contributed by atoms with Crippen LogP contribution in [0.5, 0.6) is 0 Å². The van der Waals surface area contributed by atoms with E-state index in [4.69, 9.17) is 14.6 Å². The smallest absolute Gasteiger partial charge is 0.303 e. The van der Waals surface area contributed by atoms with Crippen molar-refractivity contribution in [3.63, 3.8) is 0 Å². The number of benzene rings is 1. The molecule has 0 atom stereocenters. The van der Waals surface area contributed by atoms with Crippen molar-refractivity contribution < 1.29 is 24.2 Å². The summed E-state index contributed by atoms with van der Waals surface area (Å²) in [6.45, 7) is 0.767. The highest BCUT2D eigenvalue weighted by Crippen LogP contribution is 2.12. The summed E-state index contributed by atoms with van der Waals surface area (Å²) in [4.78, 5) is 22.1. The summed E-state index contributed by atoms with van der Waals surface area (Å²) >= 11 is 0. The van der Waals surface area contributed by atoms with Crippen LogP contribution >= 0.6 is 0 Å². The highest BCUT2D eigenvalue weighted by molar-refractivity contribution is 5.91. The van der Waals surface area contributed by atoms with E-state index in [-0.39, 0.29) is 18.9 Å². The summed E-state index contributed by atoms with van der Waals surface area (Å²) in [6.07, 6.45) is 0.501. The van der Waals surface area contributed by atoms with Gasteiger partial charge in [-0.25, -0.2) is 0 Å². The van der Waals surface area contributed by atoms with Crippen molar-refractivity contribution in [1.29, 1.82) is 0 Å². The van der Waals surface area contributed by atoms with Gasteiger partial charge in [-0.15, -0.1) is 0 Å². The van der Waals surface area contributed by atoms with Crippen LogP contribution in [0, 0.1) is 0 Å². The molecule has 2 N–H and O–H groups in total. The normalized spacial score (nSPS) is 10.2. The number of carboxylic acids is 1. The fraction of sp³-hybridized carbons (Fsp3) is 0.429. The van der Waals surface area contributed by atoms with E-state index in [0.29, 0.717) is 25.3 Å². The summed E-state index contributed by atoms with van der Waals surface area (Å²) in [5.41, 5.74) is 1.50. The fourth-order valence-electron chi connectivity index (χ4n) is 1.56. The van der Waals surface area contributed by atoms with Crippen molar-refractivity contribution >= 4 is 17.6 Å². The minimum absolute atomic E-state index is 0.0390. The molecule has 0 saturated carbocycles. The molecule has 6 nitrogen and oxygen atoms in total. The Labute approximate surface area is 117 Å². The lowest BCUT2D eigenvalue weighted by atomic mass is 10.1. The number of aliphatic carboxylic acids is 1. The third kappa shape index (κ3) is 6.86. The van der Waals surface area contributed by atoms with Crippen molar-refractivity contribution in [3.05, 3.63) is 29.8 Å². The molecule has 0 aliphatic heterocycles. The van der Waals surface area contributed by atoms with Crippen LogP contribution in [0.3, 0.4) is 0 Å². The molecule has 0 aliphatic carbocycles. The van der Waals surface area contributed by atoms with Crippen LogP contribution in [-0.2, 0) is 25.5 Å². The van der Waals surface area contributed by atoms with Crippen LogP contribution in [0.15, 0.2) is 24.3 Å². The molecule has 1 aromatic rings. The Morgan fingerprint density at radius 2 is 2.10 bits per heavy atom. The van der Waals surface area contributed by atoms with E-state index in [1.807, 2.05) is 6.07 Å². The standard InChI is InChI=1S/C14H19NO5/c1-19-7-8-20-10-13(16)15-12-4-2-3-11(9-12)5-6-14(17)18/h2-4,9H,5-8,10H2,1H3,(H,15,16)(H,17,18). The van der Waals surface area contributed by atoms with Crippen molar-refractivity contribution in [2.24, 2.45) is 0 Å². The number of carboxylic acid groups (broad SMARTS) is 1. The molecule has 1 aromatic carbocycles. The van der Waals surface area contributed by atoms with Crippen molar-refractivity contribution in [1.82, 2.24) is 0 Å². The number of carbonyl (C=O) groups excluding carboxylic acids is 1. The Bertz CT molecular complexity index is 447. The summed E-state index contributed by atoms with van der Waals surface area (Å²) in [5.74, 6) is -1.09. The van der Waals surface area contributed by atoms with Gasteiger partial charge in [-0.2, -0.15) is 0 Å². The van der Waals surface area contributed by atoms with Crippen LogP contribution in [0.4, 0.5) is 5.69 Å². The lowest BCUT2D eigenvalue weighted by Gasteiger charge is -2.07. The van der Waals surface area contributed by atoms with Gasteiger partial charge in [-0.1, -0.05) is 12.1 Å². The Morgan fingerprint density at radius 3 is 2.80 bits per heavy atom. The van der Waals surface area contributed by atoms with E-state index >= 15 is 0 Å². The van der Waals surface area contributed by atoms with Crippen LogP contribution < -0.4 is 5.32 Å². The predicted octanol–water partition coefficient (Wildman–Crippen LogP) is 1.31. The minimum atomic E-state index is -0.842. The van der Waals surface area contributed by atoms with E-state index in [1.165, 1.54) is 0 Å². The highest BCUT2D eigenvalue weighted by atomic mass is 16.5. The van der Waals surface area contributed by atoms with Crippen molar-refractivity contribution in [2.45, 2.75) is 12.8 Å². The van der Waals surface area contributed by atoms with Gasteiger partial charge >= 0.3 is 5.97 Å². The van der Waals surface area contributed by atoms with E-state index in [2.05, 4.69) is 5.32 Å².